The fourth-order valence-corrected chi connectivity index (χ4v) is 4.33. The van der Waals surface area contributed by atoms with Gasteiger partial charge in [0.15, 0.2) is 0 Å². The summed E-state index contributed by atoms with van der Waals surface area (Å²) in [6, 6.07) is 0.420. The topological polar surface area (TPSA) is 53.1 Å². The van der Waals surface area contributed by atoms with Gasteiger partial charge in [0.1, 0.15) is 12.1 Å². The van der Waals surface area contributed by atoms with E-state index in [-0.39, 0.29) is 24.0 Å². The zero-order valence-corrected chi connectivity index (χ0v) is 14.5. The number of ether oxygens (including phenoxy) is 1. The van der Waals surface area contributed by atoms with Crippen LogP contribution in [0.3, 0.4) is 0 Å². The van der Waals surface area contributed by atoms with E-state index in [1.54, 1.807) is 6.92 Å². The van der Waals surface area contributed by atoms with Gasteiger partial charge in [-0.15, -0.1) is 0 Å². The first-order valence-electron chi connectivity index (χ1n) is 8.90. The molecule has 4 unspecified atom stereocenters. The average molecular weight is 323 g/mol. The number of carbonyl (C=O) groups is 2. The monoisotopic (exact) mass is 323 g/mol. The number of cyclic esters (lactones) is 1. The maximum absolute atomic E-state index is 12.0. The van der Waals surface area contributed by atoms with Gasteiger partial charge in [-0.1, -0.05) is 6.92 Å². The Morgan fingerprint density at radius 2 is 1.87 bits per heavy atom. The number of amides is 1. The Morgan fingerprint density at radius 3 is 2.52 bits per heavy atom. The van der Waals surface area contributed by atoms with E-state index in [0.717, 1.165) is 52.1 Å². The fraction of sp³-hybridized carbons (Fsp3) is 0.882. The zero-order chi connectivity index (χ0) is 16.6. The van der Waals surface area contributed by atoms with Crippen molar-refractivity contribution in [3.63, 3.8) is 0 Å². The minimum absolute atomic E-state index is 0.0455. The fourth-order valence-electron chi connectivity index (χ4n) is 4.33. The van der Waals surface area contributed by atoms with Gasteiger partial charge >= 0.3 is 5.97 Å². The molecular formula is C17H29N3O3. The van der Waals surface area contributed by atoms with Crippen LogP contribution in [0.15, 0.2) is 0 Å². The van der Waals surface area contributed by atoms with Crippen molar-refractivity contribution in [3.05, 3.63) is 0 Å². The van der Waals surface area contributed by atoms with E-state index in [2.05, 4.69) is 16.7 Å². The Bertz CT molecular complexity index is 470. The quantitative estimate of drug-likeness (QED) is 0.695. The minimum atomic E-state index is -0.0573. The summed E-state index contributed by atoms with van der Waals surface area (Å²) < 4.78 is 5.32. The zero-order valence-electron chi connectivity index (χ0n) is 14.5. The molecule has 3 fully saturated rings. The molecule has 6 nitrogen and oxygen atoms in total. The summed E-state index contributed by atoms with van der Waals surface area (Å²) in [7, 11) is 0. The lowest BCUT2D eigenvalue weighted by Crippen LogP contribution is -2.44. The second kappa shape index (κ2) is 6.77. The van der Waals surface area contributed by atoms with E-state index < -0.39 is 0 Å². The van der Waals surface area contributed by atoms with Crippen LogP contribution in [0.25, 0.3) is 0 Å². The molecule has 0 aromatic carbocycles. The summed E-state index contributed by atoms with van der Waals surface area (Å²) in [4.78, 5) is 30.4. The molecule has 0 aromatic heterocycles. The molecule has 130 valence electrons. The van der Waals surface area contributed by atoms with Gasteiger partial charge in [-0.3, -0.25) is 19.4 Å². The van der Waals surface area contributed by atoms with Crippen LogP contribution in [0, 0.1) is 5.92 Å². The second-order valence-corrected chi connectivity index (χ2v) is 7.39. The standard InChI is InChI=1S/C17H29N3O3/c1-12-10-20(15-9-13(2)23-17(15)22)11-16(12)19-6-4-5-18(7-8-19)14(3)21/h12-13,15-16H,4-11H2,1-3H3. The van der Waals surface area contributed by atoms with Gasteiger partial charge in [0.2, 0.25) is 5.91 Å². The summed E-state index contributed by atoms with van der Waals surface area (Å²) in [6.45, 7) is 11.5. The summed E-state index contributed by atoms with van der Waals surface area (Å²) in [5.74, 6) is 0.669. The molecule has 1 amide bonds. The van der Waals surface area contributed by atoms with Crippen LogP contribution in [-0.4, -0.2) is 84.0 Å². The van der Waals surface area contributed by atoms with E-state index in [0.29, 0.717) is 12.0 Å². The highest BCUT2D eigenvalue weighted by atomic mass is 16.6. The number of esters is 1. The molecule has 0 N–H and O–H groups in total. The summed E-state index contributed by atoms with van der Waals surface area (Å²) in [6.07, 6.45) is 1.89. The molecule has 0 saturated carbocycles. The molecule has 3 heterocycles. The highest BCUT2D eigenvalue weighted by Crippen LogP contribution is 2.29. The van der Waals surface area contributed by atoms with Crippen molar-refractivity contribution in [3.8, 4) is 0 Å². The molecule has 3 aliphatic heterocycles. The first-order chi connectivity index (χ1) is 11.0. The van der Waals surface area contributed by atoms with Crippen molar-refractivity contribution in [1.82, 2.24) is 14.7 Å². The smallest absolute Gasteiger partial charge is 0.323 e. The van der Waals surface area contributed by atoms with E-state index in [1.165, 1.54) is 0 Å². The Kier molecular flexibility index (Phi) is 4.92. The van der Waals surface area contributed by atoms with Gasteiger partial charge in [-0.05, 0) is 19.3 Å². The third-order valence-electron chi connectivity index (χ3n) is 5.63. The first-order valence-corrected chi connectivity index (χ1v) is 8.90. The lowest BCUT2D eigenvalue weighted by atomic mass is 10.0. The lowest BCUT2D eigenvalue weighted by Gasteiger charge is -2.30. The Labute approximate surface area is 138 Å². The SMILES string of the molecule is CC(=O)N1CCCN(C2CN(C3CC(C)OC3=O)CC2C)CC1. The second-order valence-electron chi connectivity index (χ2n) is 7.39. The van der Waals surface area contributed by atoms with Crippen molar-refractivity contribution in [2.45, 2.75) is 51.8 Å². The van der Waals surface area contributed by atoms with Crippen LogP contribution in [0.4, 0.5) is 0 Å². The largest absolute Gasteiger partial charge is 0.461 e. The molecule has 23 heavy (non-hydrogen) atoms. The normalized spacial score (nSPS) is 37.0. The number of likely N-dealkylation sites (tertiary alicyclic amines) is 1. The Hall–Kier alpha value is -1.14. The lowest BCUT2D eigenvalue weighted by molar-refractivity contribution is -0.144. The molecule has 0 spiro atoms. The van der Waals surface area contributed by atoms with Gasteiger partial charge < -0.3 is 9.64 Å². The summed E-state index contributed by atoms with van der Waals surface area (Å²) in [5.41, 5.74) is 0. The van der Waals surface area contributed by atoms with E-state index in [4.69, 9.17) is 4.74 Å². The molecule has 0 radical (unpaired) electrons. The van der Waals surface area contributed by atoms with Crippen molar-refractivity contribution in [1.29, 1.82) is 0 Å². The maximum atomic E-state index is 12.0. The van der Waals surface area contributed by atoms with Crippen molar-refractivity contribution >= 4 is 11.9 Å². The predicted molar refractivity (Wildman–Crippen MR) is 86.9 cm³/mol. The molecule has 0 aliphatic carbocycles. The molecule has 3 saturated heterocycles. The minimum Gasteiger partial charge on any atom is -0.461 e. The molecular weight excluding hydrogens is 294 g/mol. The van der Waals surface area contributed by atoms with Crippen molar-refractivity contribution in [2.24, 2.45) is 5.92 Å². The van der Waals surface area contributed by atoms with Gasteiger partial charge in [-0.2, -0.15) is 0 Å². The van der Waals surface area contributed by atoms with Crippen molar-refractivity contribution in [2.75, 3.05) is 39.3 Å². The summed E-state index contributed by atoms with van der Waals surface area (Å²) >= 11 is 0. The highest BCUT2D eigenvalue weighted by Gasteiger charge is 2.43. The number of rotatable bonds is 2. The van der Waals surface area contributed by atoms with Crippen molar-refractivity contribution < 1.29 is 14.3 Å². The van der Waals surface area contributed by atoms with Crippen LogP contribution >= 0.6 is 0 Å². The van der Waals surface area contributed by atoms with Crippen LogP contribution in [0.1, 0.15) is 33.6 Å². The van der Waals surface area contributed by atoms with Crippen LogP contribution in [-0.2, 0) is 14.3 Å². The molecule has 6 heteroatoms. The molecule has 3 aliphatic rings. The first kappa shape index (κ1) is 16.7. The Morgan fingerprint density at radius 1 is 1.09 bits per heavy atom. The molecule has 0 aromatic rings. The average Bonchev–Trinajstić information content (AvgIpc) is 2.91. The van der Waals surface area contributed by atoms with Crippen LogP contribution < -0.4 is 0 Å². The third kappa shape index (κ3) is 3.53. The molecule has 0 bridgehead atoms. The van der Waals surface area contributed by atoms with E-state index >= 15 is 0 Å². The van der Waals surface area contributed by atoms with Gasteiger partial charge in [0.05, 0.1) is 0 Å². The molecule has 4 atom stereocenters. The number of hydrogen-bond donors (Lipinski definition) is 0. The van der Waals surface area contributed by atoms with Gasteiger partial charge in [0.25, 0.3) is 0 Å². The van der Waals surface area contributed by atoms with Gasteiger partial charge in [-0.25, -0.2) is 0 Å². The Balaban J connectivity index is 1.60. The third-order valence-corrected chi connectivity index (χ3v) is 5.63. The van der Waals surface area contributed by atoms with E-state index in [1.807, 2.05) is 11.8 Å². The predicted octanol–water partition coefficient (Wildman–Crippen LogP) is 0.565. The maximum Gasteiger partial charge on any atom is 0.323 e. The van der Waals surface area contributed by atoms with Gasteiger partial charge in [0, 0.05) is 58.7 Å². The number of nitrogens with zero attached hydrogens (tertiary/aromatic N) is 3. The summed E-state index contributed by atoms with van der Waals surface area (Å²) in [5, 5.41) is 0. The number of carbonyl (C=O) groups excluding carboxylic acids is 2. The van der Waals surface area contributed by atoms with E-state index in [9.17, 15) is 9.59 Å². The highest BCUT2D eigenvalue weighted by molar-refractivity contribution is 5.78. The van der Waals surface area contributed by atoms with Crippen LogP contribution in [0.2, 0.25) is 0 Å². The molecule has 3 rings (SSSR count). The van der Waals surface area contributed by atoms with Crippen LogP contribution in [0.5, 0.6) is 0 Å². The number of hydrogen-bond acceptors (Lipinski definition) is 5.